The van der Waals surface area contributed by atoms with Crippen molar-refractivity contribution in [3.63, 3.8) is 0 Å². The summed E-state index contributed by atoms with van der Waals surface area (Å²) >= 11 is 6.22. The first-order valence-corrected chi connectivity index (χ1v) is 8.38. The normalized spacial score (nSPS) is 11.9. The van der Waals surface area contributed by atoms with Crippen LogP contribution in [-0.4, -0.2) is 24.2 Å². The van der Waals surface area contributed by atoms with Gasteiger partial charge in [-0.1, -0.05) is 17.7 Å². The summed E-state index contributed by atoms with van der Waals surface area (Å²) in [4.78, 5) is 4.51. The van der Waals surface area contributed by atoms with E-state index in [0.29, 0.717) is 27.7 Å². The number of rotatable bonds is 2. The molecule has 0 aliphatic heterocycles. The van der Waals surface area contributed by atoms with Crippen molar-refractivity contribution in [3.05, 3.63) is 47.5 Å². The number of nitrogens with two attached hydrogens (primary N) is 1. The lowest BCUT2D eigenvalue weighted by Crippen LogP contribution is -2.02. The van der Waals surface area contributed by atoms with E-state index in [2.05, 4.69) is 4.98 Å². The Kier molecular flexibility index (Phi) is 3.15. The number of nitrogens with zero attached hydrogens (tertiary/aromatic N) is 2. The summed E-state index contributed by atoms with van der Waals surface area (Å²) in [6, 6.07) is 11.8. The molecule has 108 valence electrons. The van der Waals surface area contributed by atoms with Crippen LogP contribution in [0.4, 0.5) is 5.95 Å². The van der Waals surface area contributed by atoms with Gasteiger partial charge in [-0.2, -0.15) is 0 Å². The molecule has 7 heteroatoms. The van der Waals surface area contributed by atoms with Gasteiger partial charge in [0.05, 0.1) is 21.0 Å². The number of hydrogen-bond donors (Lipinski definition) is 1. The summed E-state index contributed by atoms with van der Waals surface area (Å²) in [6.07, 6.45) is 1.17. The van der Waals surface area contributed by atoms with Crippen molar-refractivity contribution in [2.75, 3.05) is 12.0 Å². The van der Waals surface area contributed by atoms with Crippen molar-refractivity contribution < 1.29 is 8.42 Å². The monoisotopic (exact) mass is 321 g/mol. The zero-order valence-electron chi connectivity index (χ0n) is 11.1. The SMILES string of the molecule is CS(=O)(=O)c1ccc(-n2c(N)nc3cccc(Cl)c32)cc1. The molecule has 0 aliphatic rings. The molecule has 0 amide bonds. The lowest BCUT2D eigenvalue weighted by molar-refractivity contribution is 0.602. The minimum Gasteiger partial charge on any atom is -0.369 e. The molecule has 0 saturated heterocycles. The van der Waals surface area contributed by atoms with Gasteiger partial charge in [-0.25, -0.2) is 13.4 Å². The summed E-state index contributed by atoms with van der Waals surface area (Å²) in [5.74, 6) is 0.296. The van der Waals surface area contributed by atoms with E-state index in [4.69, 9.17) is 17.3 Å². The van der Waals surface area contributed by atoms with E-state index in [0.717, 1.165) is 0 Å². The van der Waals surface area contributed by atoms with Crippen LogP contribution in [0.3, 0.4) is 0 Å². The Bertz CT molecular complexity index is 931. The molecule has 0 unspecified atom stereocenters. The highest BCUT2D eigenvalue weighted by Crippen LogP contribution is 2.29. The van der Waals surface area contributed by atoms with E-state index in [9.17, 15) is 8.42 Å². The largest absolute Gasteiger partial charge is 0.369 e. The Morgan fingerprint density at radius 1 is 1.14 bits per heavy atom. The molecule has 3 rings (SSSR count). The number of para-hydroxylation sites is 1. The van der Waals surface area contributed by atoms with Crippen molar-refractivity contribution in [2.45, 2.75) is 4.90 Å². The van der Waals surface area contributed by atoms with E-state index in [1.165, 1.54) is 18.4 Å². The number of imidazole rings is 1. The molecule has 2 N–H and O–H groups in total. The first-order valence-electron chi connectivity index (χ1n) is 6.11. The molecule has 5 nitrogen and oxygen atoms in total. The number of anilines is 1. The van der Waals surface area contributed by atoms with Crippen LogP contribution in [0.5, 0.6) is 0 Å². The van der Waals surface area contributed by atoms with Crippen LogP contribution in [0.2, 0.25) is 5.02 Å². The smallest absolute Gasteiger partial charge is 0.205 e. The van der Waals surface area contributed by atoms with Gasteiger partial charge in [0.2, 0.25) is 5.95 Å². The summed E-state index contributed by atoms with van der Waals surface area (Å²) < 4.78 is 24.7. The number of halogens is 1. The van der Waals surface area contributed by atoms with Crippen LogP contribution < -0.4 is 5.73 Å². The van der Waals surface area contributed by atoms with E-state index in [1.807, 2.05) is 6.07 Å². The topological polar surface area (TPSA) is 78.0 Å². The third kappa shape index (κ3) is 2.36. The Morgan fingerprint density at radius 3 is 2.43 bits per heavy atom. The predicted octanol–water partition coefficient (Wildman–Crippen LogP) is 2.66. The third-order valence-electron chi connectivity index (χ3n) is 3.18. The Morgan fingerprint density at radius 2 is 1.81 bits per heavy atom. The molecule has 0 fully saturated rings. The zero-order chi connectivity index (χ0) is 15.2. The van der Waals surface area contributed by atoms with Crippen LogP contribution in [0.15, 0.2) is 47.4 Å². The van der Waals surface area contributed by atoms with Crippen molar-refractivity contribution in [1.29, 1.82) is 0 Å². The standard InChI is InChI=1S/C14H12ClN3O2S/c1-21(19,20)10-7-5-9(6-8-10)18-13-11(15)3-2-4-12(13)17-14(18)16/h2-8H,1H3,(H2,16,17). The first-order chi connectivity index (χ1) is 9.88. The number of aromatic nitrogens is 2. The van der Waals surface area contributed by atoms with Crippen LogP contribution >= 0.6 is 11.6 Å². The molecule has 21 heavy (non-hydrogen) atoms. The Labute approximate surface area is 126 Å². The minimum absolute atomic E-state index is 0.250. The highest BCUT2D eigenvalue weighted by atomic mass is 35.5. The fourth-order valence-electron chi connectivity index (χ4n) is 2.21. The lowest BCUT2D eigenvalue weighted by atomic mass is 10.3. The molecule has 1 aromatic heterocycles. The predicted molar refractivity (Wildman–Crippen MR) is 83.6 cm³/mol. The van der Waals surface area contributed by atoms with Gasteiger partial charge in [0.1, 0.15) is 0 Å². The van der Waals surface area contributed by atoms with E-state index >= 15 is 0 Å². The second-order valence-electron chi connectivity index (χ2n) is 4.68. The third-order valence-corrected chi connectivity index (χ3v) is 4.61. The number of fused-ring (bicyclic) bond motifs is 1. The zero-order valence-corrected chi connectivity index (χ0v) is 12.7. The van der Waals surface area contributed by atoms with Gasteiger partial charge >= 0.3 is 0 Å². The fourth-order valence-corrected chi connectivity index (χ4v) is 3.09. The van der Waals surface area contributed by atoms with E-state index < -0.39 is 9.84 Å². The molecule has 0 aliphatic carbocycles. The van der Waals surface area contributed by atoms with Gasteiger partial charge < -0.3 is 5.73 Å². The van der Waals surface area contributed by atoms with Gasteiger partial charge in [-0.05, 0) is 36.4 Å². The van der Waals surface area contributed by atoms with Crippen molar-refractivity contribution in [2.24, 2.45) is 0 Å². The molecule has 0 spiro atoms. The average Bonchev–Trinajstić information content (AvgIpc) is 2.75. The molecular formula is C14H12ClN3O2S. The van der Waals surface area contributed by atoms with E-state index in [1.54, 1.807) is 28.8 Å². The van der Waals surface area contributed by atoms with Crippen LogP contribution in [0.1, 0.15) is 0 Å². The number of hydrogen-bond acceptors (Lipinski definition) is 4. The molecule has 0 radical (unpaired) electrons. The maximum atomic E-state index is 11.5. The number of nitrogen functional groups attached to an aromatic ring is 1. The van der Waals surface area contributed by atoms with Crippen molar-refractivity contribution >= 4 is 38.4 Å². The van der Waals surface area contributed by atoms with Crippen molar-refractivity contribution in [3.8, 4) is 5.69 Å². The van der Waals surface area contributed by atoms with Crippen LogP contribution in [0, 0.1) is 0 Å². The highest BCUT2D eigenvalue weighted by molar-refractivity contribution is 7.90. The Balaban J connectivity index is 2.24. The van der Waals surface area contributed by atoms with Gasteiger partial charge in [0.25, 0.3) is 0 Å². The molecule has 3 aromatic rings. The molecule has 0 saturated carbocycles. The maximum Gasteiger partial charge on any atom is 0.205 e. The minimum atomic E-state index is -3.23. The Hall–Kier alpha value is -2.05. The van der Waals surface area contributed by atoms with Crippen LogP contribution in [0.25, 0.3) is 16.7 Å². The van der Waals surface area contributed by atoms with Crippen molar-refractivity contribution in [1.82, 2.24) is 9.55 Å². The molecular weight excluding hydrogens is 310 g/mol. The maximum absolute atomic E-state index is 11.5. The second-order valence-corrected chi connectivity index (χ2v) is 7.10. The van der Waals surface area contributed by atoms with Crippen LogP contribution in [-0.2, 0) is 9.84 Å². The quantitative estimate of drug-likeness (QED) is 0.787. The van der Waals surface area contributed by atoms with Gasteiger partial charge in [-0.15, -0.1) is 0 Å². The number of benzene rings is 2. The fraction of sp³-hybridized carbons (Fsp3) is 0.0714. The lowest BCUT2D eigenvalue weighted by Gasteiger charge is -2.08. The summed E-state index contributed by atoms with van der Waals surface area (Å²) in [5, 5.41) is 0.531. The first kappa shape index (κ1) is 13.9. The summed E-state index contributed by atoms with van der Waals surface area (Å²) in [7, 11) is -3.23. The van der Waals surface area contributed by atoms with Gasteiger partial charge in [-0.3, -0.25) is 4.57 Å². The van der Waals surface area contributed by atoms with E-state index in [-0.39, 0.29) is 4.90 Å². The molecule has 2 aromatic carbocycles. The average molecular weight is 322 g/mol. The molecule has 0 atom stereocenters. The molecule has 1 heterocycles. The second kappa shape index (κ2) is 4.75. The number of sulfone groups is 1. The summed E-state index contributed by atoms with van der Waals surface area (Å²) in [6.45, 7) is 0. The van der Waals surface area contributed by atoms with Gasteiger partial charge in [0.15, 0.2) is 9.84 Å². The molecule has 0 bridgehead atoms. The van der Waals surface area contributed by atoms with Gasteiger partial charge in [0, 0.05) is 11.9 Å². The highest BCUT2D eigenvalue weighted by Gasteiger charge is 2.14. The summed E-state index contributed by atoms with van der Waals surface area (Å²) in [5.41, 5.74) is 8.04.